The summed E-state index contributed by atoms with van der Waals surface area (Å²) in [5, 5.41) is 13.9. The van der Waals surface area contributed by atoms with Crippen LogP contribution >= 0.6 is 0 Å². The molecule has 9 heteroatoms. The zero-order valence-electron chi connectivity index (χ0n) is 12.8. The molecule has 0 heterocycles. The number of nitrogens with one attached hydrogen (secondary N) is 1. The SMILES string of the molecule is NC(=O)c1ccc(NCCc2ccc(C(F)(F)F)cc2)c([N+](=O)[O-])c1. The number of alkyl halides is 3. The lowest BCUT2D eigenvalue weighted by Crippen LogP contribution is -2.12. The standard InChI is InChI=1S/C16H14F3N3O3/c17-16(18,19)12-4-1-10(2-5-12)7-8-21-13-6-3-11(15(20)23)9-14(13)22(24)25/h1-6,9,21H,7-8H2,(H2,20,23). The van der Waals surface area contributed by atoms with Crippen molar-refractivity contribution in [2.24, 2.45) is 5.73 Å². The summed E-state index contributed by atoms with van der Waals surface area (Å²) in [5.41, 5.74) is 4.91. The van der Waals surface area contributed by atoms with Gasteiger partial charge in [0.15, 0.2) is 0 Å². The molecule has 2 aromatic carbocycles. The van der Waals surface area contributed by atoms with Crippen LogP contribution in [0, 0.1) is 10.1 Å². The van der Waals surface area contributed by atoms with Crippen molar-refractivity contribution in [3.05, 3.63) is 69.3 Å². The molecule has 1 amide bonds. The summed E-state index contributed by atoms with van der Waals surface area (Å²) in [5.74, 6) is -0.778. The van der Waals surface area contributed by atoms with E-state index in [0.29, 0.717) is 12.0 Å². The first-order valence-corrected chi connectivity index (χ1v) is 7.17. The smallest absolute Gasteiger partial charge is 0.379 e. The van der Waals surface area contributed by atoms with E-state index in [1.165, 1.54) is 24.3 Å². The van der Waals surface area contributed by atoms with Crippen molar-refractivity contribution in [1.82, 2.24) is 0 Å². The summed E-state index contributed by atoms with van der Waals surface area (Å²) < 4.78 is 37.5. The minimum Gasteiger partial charge on any atom is -0.379 e. The van der Waals surface area contributed by atoms with Crippen LogP contribution in [-0.4, -0.2) is 17.4 Å². The Morgan fingerprint density at radius 1 is 1.16 bits per heavy atom. The van der Waals surface area contributed by atoms with Gasteiger partial charge in [0, 0.05) is 18.2 Å². The minimum atomic E-state index is -4.39. The molecule has 0 saturated carbocycles. The van der Waals surface area contributed by atoms with Gasteiger partial charge in [-0.15, -0.1) is 0 Å². The monoisotopic (exact) mass is 353 g/mol. The third-order valence-corrected chi connectivity index (χ3v) is 3.49. The maximum atomic E-state index is 12.5. The number of hydrogen-bond donors (Lipinski definition) is 2. The highest BCUT2D eigenvalue weighted by Gasteiger charge is 2.29. The fourth-order valence-corrected chi connectivity index (χ4v) is 2.19. The molecular weight excluding hydrogens is 339 g/mol. The summed E-state index contributed by atoms with van der Waals surface area (Å²) in [4.78, 5) is 21.5. The molecule has 0 aliphatic heterocycles. The lowest BCUT2D eigenvalue weighted by molar-refractivity contribution is -0.384. The van der Waals surface area contributed by atoms with Crippen LogP contribution in [-0.2, 0) is 12.6 Å². The van der Waals surface area contributed by atoms with E-state index in [1.807, 2.05) is 0 Å². The van der Waals surface area contributed by atoms with E-state index in [-0.39, 0.29) is 23.5 Å². The highest BCUT2D eigenvalue weighted by molar-refractivity contribution is 5.94. The number of halogens is 3. The van der Waals surface area contributed by atoms with E-state index in [2.05, 4.69) is 5.32 Å². The van der Waals surface area contributed by atoms with Gasteiger partial charge in [-0.3, -0.25) is 14.9 Å². The second-order valence-electron chi connectivity index (χ2n) is 5.22. The number of carbonyl (C=O) groups excluding carboxylic acids is 1. The summed E-state index contributed by atoms with van der Waals surface area (Å²) >= 11 is 0. The normalized spacial score (nSPS) is 11.2. The molecule has 0 aliphatic carbocycles. The lowest BCUT2D eigenvalue weighted by atomic mass is 10.1. The second-order valence-corrected chi connectivity index (χ2v) is 5.22. The molecule has 25 heavy (non-hydrogen) atoms. The summed E-state index contributed by atoms with van der Waals surface area (Å²) in [6, 6.07) is 8.48. The molecule has 6 nitrogen and oxygen atoms in total. The summed E-state index contributed by atoms with van der Waals surface area (Å²) in [6.07, 6.45) is -4.02. The summed E-state index contributed by atoms with van der Waals surface area (Å²) in [6.45, 7) is 0.266. The number of nitrogens with zero attached hydrogens (tertiary/aromatic N) is 1. The Morgan fingerprint density at radius 3 is 2.32 bits per heavy atom. The van der Waals surface area contributed by atoms with Crippen LogP contribution in [0.1, 0.15) is 21.5 Å². The number of nitrogens with two attached hydrogens (primary N) is 1. The minimum absolute atomic E-state index is 0.0139. The Kier molecular flexibility index (Phi) is 5.26. The van der Waals surface area contributed by atoms with Gasteiger partial charge in [0.05, 0.1) is 10.5 Å². The van der Waals surface area contributed by atoms with Gasteiger partial charge in [0.2, 0.25) is 5.91 Å². The first kappa shape index (κ1) is 18.2. The first-order chi connectivity index (χ1) is 11.7. The van der Waals surface area contributed by atoms with E-state index < -0.39 is 22.6 Å². The number of carbonyl (C=O) groups is 1. The van der Waals surface area contributed by atoms with Gasteiger partial charge in [-0.2, -0.15) is 13.2 Å². The van der Waals surface area contributed by atoms with E-state index in [9.17, 15) is 28.1 Å². The molecule has 0 radical (unpaired) electrons. The predicted molar refractivity (Wildman–Crippen MR) is 85.3 cm³/mol. The fraction of sp³-hybridized carbons (Fsp3) is 0.188. The van der Waals surface area contributed by atoms with Crippen LogP contribution < -0.4 is 11.1 Å². The lowest BCUT2D eigenvalue weighted by Gasteiger charge is -2.09. The molecule has 2 rings (SSSR count). The van der Waals surface area contributed by atoms with Crippen molar-refractivity contribution in [1.29, 1.82) is 0 Å². The molecule has 0 unspecified atom stereocenters. The molecule has 0 atom stereocenters. The van der Waals surface area contributed by atoms with Gasteiger partial charge in [-0.25, -0.2) is 0 Å². The van der Waals surface area contributed by atoms with Crippen molar-refractivity contribution in [3.63, 3.8) is 0 Å². The van der Waals surface area contributed by atoms with Crippen LogP contribution in [0.2, 0.25) is 0 Å². The predicted octanol–water partition coefficient (Wildman–Crippen LogP) is 3.37. The van der Waals surface area contributed by atoms with Crippen molar-refractivity contribution in [3.8, 4) is 0 Å². The van der Waals surface area contributed by atoms with Gasteiger partial charge >= 0.3 is 6.18 Å². The largest absolute Gasteiger partial charge is 0.416 e. The highest BCUT2D eigenvalue weighted by Crippen LogP contribution is 2.29. The Morgan fingerprint density at radius 2 is 1.80 bits per heavy atom. The molecule has 2 aromatic rings. The fourth-order valence-electron chi connectivity index (χ4n) is 2.19. The van der Waals surface area contributed by atoms with Crippen molar-refractivity contribution in [2.75, 3.05) is 11.9 Å². The second kappa shape index (κ2) is 7.20. The summed E-state index contributed by atoms with van der Waals surface area (Å²) in [7, 11) is 0. The molecule has 0 bridgehead atoms. The van der Waals surface area contributed by atoms with Gasteiger partial charge in [0.1, 0.15) is 5.69 Å². The van der Waals surface area contributed by atoms with E-state index >= 15 is 0 Å². The third-order valence-electron chi connectivity index (χ3n) is 3.49. The number of rotatable bonds is 6. The molecular formula is C16H14F3N3O3. The number of hydrogen-bond acceptors (Lipinski definition) is 4. The van der Waals surface area contributed by atoms with Gasteiger partial charge in [0.25, 0.3) is 5.69 Å². The van der Waals surface area contributed by atoms with E-state index in [1.54, 1.807) is 0 Å². The quantitative estimate of drug-likeness (QED) is 0.614. The van der Waals surface area contributed by atoms with E-state index in [4.69, 9.17) is 5.73 Å². The first-order valence-electron chi connectivity index (χ1n) is 7.17. The maximum Gasteiger partial charge on any atom is 0.416 e. The number of benzene rings is 2. The topological polar surface area (TPSA) is 98.3 Å². The number of primary amides is 1. The van der Waals surface area contributed by atoms with Crippen LogP contribution in [0.3, 0.4) is 0 Å². The van der Waals surface area contributed by atoms with Crippen LogP contribution in [0.25, 0.3) is 0 Å². The average molecular weight is 353 g/mol. The van der Waals surface area contributed by atoms with E-state index in [0.717, 1.165) is 18.2 Å². The Balaban J connectivity index is 2.04. The van der Waals surface area contributed by atoms with Gasteiger partial charge in [-0.1, -0.05) is 12.1 Å². The molecule has 0 fully saturated rings. The Bertz CT molecular complexity index is 789. The van der Waals surface area contributed by atoms with Crippen LogP contribution in [0.5, 0.6) is 0 Å². The van der Waals surface area contributed by atoms with Crippen LogP contribution in [0.15, 0.2) is 42.5 Å². The molecule has 0 saturated heterocycles. The van der Waals surface area contributed by atoms with Crippen molar-refractivity contribution >= 4 is 17.3 Å². The number of nitro groups is 1. The number of anilines is 1. The number of amides is 1. The molecule has 132 valence electrons. The van der Waals surface area contributed by atoms with Crippen LogP contribution in [0.4, 0.5) is 24.5 Å². The van der Waals surface area contributed by atoms with Gasteiger partial charge in [-0.05, 0) is 36.2 Å². The zero-order chi connectivity index (χ0) is 18.6. The molecule has 3 N–H and O–H groups in total. The highest BCUT2D eigenvalue weighted by atomic mass is 19.4. The third kappa shape index (κ3) is 4.69. The zero-order valence-corrected chi connectivity index (χ0v) is 12.8. The van der Waals surface area contributed by atoms with Crippen molar-refractivity contribution < 1.29 is 22.9 Å². The van der Waals surface area contributed by atoms with Gasteiger partial charge < -0.3 is 11.1 Å². The molecule has 0 aromatic heterocycles. The average Bonchev–Trinajstić information content (AvgIpc) is 2.54. The van der Waals surface area contributed by atoms with Crippen molar-refractivity contribution in [2.45, 2.75) is 12.6 Å². The maximum absolute atomic E-state index is 12.5. The molecule has 0 spiro atoms. The molecule has 0 aliphatic rings. The Labute approximate surface area is 140 Å². The number of nitro benzene ring substituents is 1. The Hall–Kier alpha value is -3.10.